The number of hydrogen-bond acceptors (Lipinski definition) is 4. The molecule has 186 valence electrons. The van der Waals surface area contributed by atoms with Gasteiger partial charge in [0, 0.05) is 32.5 Å². The first kappa shape index (κ1) is 24.9. The van der Waals surface area contributed by atoms with Crippen LogP contribution in [0.1, 0.15) is 63.9 Å². The van der Waals surface area contributed by atoms with Gasteiger partial charge in [-0.05, 0) is 49.4 Å². The summed E-state index contributed by atoms with van der Waals surface area (Å²) in [4.78, 5) is 29.5. The first-order chi connectivity index (χ1) is 16.4. The Balaban J connectivity index is 1.43. The zero-order valence-electron chi connectivity index (χ0n) is 20.2. The van der Waals surface area contributed by atoms with Crippen LogP contribution in [0.5, 0.6) is 0 Å². The monoisotopic (exact) mass is 486 g/mol. The van der Waals surface area contributed by atoms with Crippen LogP contribution in [-0.4, -0.2) is 69.3 Å². The molecular weight excluding hydrogens is 448 g/mol. The van der Waals surface area contributed by atoms with E-state index in [4.69, 9.17) is 12.2 Å². The van der Waals surface area contributed by atoms with Gasteiger partial charge >= 0.3 is 5.97 Å². The molecule has 4 rings (SSSR count). The number of piperidine rings is 1. The Kier molecular flexibility index (Phi) is 8.09. The summed E-state index contributed by atoms with van der Waals surface area (Å²) >= 11 is 5.70. The number of nitrogens with zero attached hydrogens (tertiary/aromatic N) is 2. The number of nitrogens with one attached hydrogen (secondary N) is 2. The maximum atomic E-state index is 13.5. The second-order valence-corrected chi connectivity index (χ2v) is 10.5. The van der Waals surface area contributed by atoms with Crippen molar-refractivity contribution < 1.29 is 14.7 Å². The average molecular weight is 487 g/mol. The third-order valence-corrected chi connectivity index (χ3v) is 8.25. The number of carbonyl (C=O) groups is 2. The van der Waals surface area contributed by atoms with Gasteiger partial charge in [0.2, 0.25) is 5.91 Å². The molecule has 7 nitrogen and oxygen atoms in total. The number of carbonyl (C=O) groups excluding carboxylic acids is 1. The molecule has 0 aromatic heterocycles. The molecule has 1 saturated carbocycles. The summed E-state index contributed by atoms with van der Waals surface area (Å²) in [5.74, 6) is -0.346. The molecule has 2 saturated heterocycles. The van der Waals surface area contributed by atoms with Crippen molar-refractivity contribution in [1.29, 1.82) is 0 Å². The maximum absolute atomic E-state index is 13.5. The Labute approximate surface area is 208 Å². The minimum atomic E-state index is -0.940. The van der Waals surface area contributed by atoms with Crippen molar-refractivity contribution in [2.45, 2.75) is 82.5 Å². The van der Waals surface area contributed by atoms with E-state index in [1.807, 2.05) is 37.3 Å². The van der Waals surface area contributed by atoms with Crippen molar-refractivity contribution in [3.63, 3.8) is 0 Å². The number of hydrogen-bond donors (Lipinski definition) is 3. The van der Waals surface area contributed by atoms with Crippen LogP contribution in [0, 0.1) is 5.92 Å². The molecule has 8 heteroatoms. The molecule has 1 aromatic carbocycles. The number of likely N-dealkylation sites (tertiary alicyclic amines) is 1. The van der Waals surface area contributed by atoms with Crippen molar-refractivity contribution in [2.24, 2.45) is 5.92 Å². The average Bonchev–Trinajstić information content (AvgIpc) is 3.10. The Morgan fingerprint density at radius 1 is 1.21 bits per heavy atom. The van der Waals surface area contributed by atoms with Gasteiger partial charge in [-0.15, -0.1) is 0 Å². The zero-order valence-corrected chi connectivity index (χ0v) is 21.0. The van der Waals surface area contributed by atoms with E-state index in [-0.39, 0.29) is 5.91 Å². The van der Waals surface area contributed by atoms with Gasteiger partial charge in [0.05, 0.1) is 11.7 Å². The number of benzene rings is 1. The lowest BCUT2D eigenvalue weighted by molar-refractivity contribution is -0.154. The standard InChI is InChI=1S/C26H38N4O3S/c1-2-22(24(32)33)30-23(31)21(17-19-9-5-3-6-10-19)28-26(30)13-15-29(16-14-26)25(34)27-18-20-11-7-4-8-12-20/h3,5-6,9-10,20-22,28H,2,4,7-8,11-18H2,1H3,(H,27,34)(H,32,33). The van der Waals surface area contributed by atoms with Crippen LogP contribution in [0.2, 0.25) is 0 Å². The number of carboxylic acid groups (broad SMARTS) is 1. The zero-order chi connectivity index (χ0) is 24.1. The highest BCUT2D eigenvalue weighted by Gasteiger charge is 2.55. The number of carboxylic acids is 1. The number of amides is 1. The van der Waals surface area contributed by atoms with Crippen LogP contribution in [0.3, 0.4) is 0 Å². The first-order valence-corrected chi connectivity index (χ1v) is 13.2. The van der Waals surface area contributed by atoms with Gasteiger partial charge in [-0.25, -0.2) is 4.79 Å². The van der Waals surface area contributed by atoms with E-state index in [0.29, 0.717) is 44.7 Å². The van der Waals surface area contributed by atoms with Crippen LogP contribution >= 0.6 is 12.2 Å². The normalized spacial score (nSPS) is 23.8. The summed E-state index contributed by atoms with van der Waals surface area (Å²) in [6.07, 6.45) is 8.76. The van der Waals surface area contributed by atoms with Crippen LogP contribution in [-0.2, 0) is 16.0 Å². The molecule has 0 bridgehead atoms. The Hall–Kier alpha value is -2.19. The lowest BCUT2D eigenvalue weighted by atomic mass is 9.89. The molecule has 34 heavy (non-hydrogen) atoms. The van der Waals surface area contributed by atoms with Gasteiger partial charge in [-0.1, -0.05) is 56.5 Å². The van der Waals surface area contributed by atoms with Crippen molar-refractivity contribution in [1.82, 2.24) is 20.4 Å². The predicted molar refractivity (Wildman–Crippen MR) is 136 cm³/mol. The van der Waals surface area contributed by atoms with E-state index in [0.717, 1.165) is 17.2 Å². The summed E-state index contributed by atoms with van der Waals surface area (Å²) in [6.45, 7) is 4.16. The van der Waals surface area contributed by atoms with E-state index in [9.17, 15) is 14.7 Å². The van der Waals surface area contributed by atoms with Crippen LogP contribution < -0.4 is 10.6 Å². The molecule has 1 amide bonds. The van der Waals surface area contributed by atoms with Crippen molar-refractivity contribution in [3.8, 4) is 0 Å². The molecular formula is C26H38N4O3S. The molecule has 1 spiro atoms. The van der Waals surface area contributed by atoms with Gasteiger partial charge in [-0.3, -0.25) is 10.1 Å². The highest BCUT2D eigenvalue weighted by atomic mass is 32.1. The summed E-state index contributed by atoms with van der Waals surface area (Å²) in [5.41, 5.74) is 0.421. The molecule has 1 aromatic rings. The van der Waals surface area contributed by atoms with Crippen molar-refractivity contribution >= 4 is 29.2 Å². The smallest absolute Gasteiger partial charge is 0.326 e. The molecule has 2 aliphatic heterocycles. The lowest BCUT2D eigenvalue weighted by Gasteiger charge is -2.47. The van der Waals surface area contributed by atoms with E-state index in [2.05, 4.69) is 15.5 Å². The fourth-order valence-electron chi connectivity index (χ4n) is 5.94. The largest absolute Gasteiger partial charge is 0.480 e. The molecule has 0 radical (unpaired) electrons. The first-order valence-electron chi connectivity index (χ1n) is 12.8. The second-order valence-electron chi connectivity index (χ2n) is 10.1. The molecule has 3 fully saturated rings. The Morgan fingerprint density at radius 2 is 1.88 bits per heavy atom. The fourth-order valence-corrected chi connectivity index (χ4v) is 6.21. The van der Waals surface area contributed by atoms with E-state index in [1.165, 1.54) is 32.1 Å². The van der Waals surface area contributed by atoms with Crippen molar-refractivity contribution in [3.05, 3.63) is 35.9 Å². The minimum absolute atomic E-state index is 0.107. The number of aliphatic carboxylic acids is 1. The van der Waals surface area contributed by atoms with Gasteiger partial charge < -0.3 is 20.2 Å². The highest BCUT2D eigenvalue weighted by Crippen LogP contribution is 2.36. The molecule has 1 aliphatic carbocycles. The lowest BCUT2D eigenvalue weighted by Crippen LogP contribution is -2.63. The molecule has 2 atom stereocenters. The van der Waals surface area contributed by atoms with Gasteiger partial charge in [-0.2, -0.15) is 0 Å². The second kappa shape index (κ2) is 11.0. The van der Waals surface area contributed by atoms with Crippen molar-refractivity contribution in [2.75, 3.05) is 19.6 Å². The summed E-state index contributed by atoms with van der Waals surface area (Å²) in [7, 11) is 0. The fraction of sp³-hybridized carbons (Fsp3) is 0.654. The van der Waals surface area contributed by atoms with Crippen LogP contribution in [0.15, 0.2) is 30.3 Å². The Bertz CT molecular complexity index is 866. The SMILES string of the molecule is CCC(C(=O)O)N1C(=O)C(Cc2ccccc2)NC12CCN(C(=S)NCC1CCCCC1)CC2. The maximum Gasteiger partial charge on any atom is 0.326 e. The van der Waals surface area contributed by atoms with E-state index >= 15 is 0 Å². The third-order valence-electron chi connectivity index (χ3n) is 7.85. The quantitative estimate of drug-likeness (QED) is 0.511. The van der Waals surface area contributed by atoms with Crippen LogP contribution in [0.4, 0.5) is 0 Å². The summed E-state index contributed by atoms with van der Waals surface area (Å²) in [5, 5.41) is 17.8. The predicted octanol–water partition coefficient (Wildman–Crippen LogP) is 3.14. The topological polar surface area (TPSA) is 84.9 Å². The highest BCUT2D eigenvalue weighted by molar-refractivity contribution is 7.80. The molecule has 3 N–H and O–H groups in total. The molecule has 3 aliphatic rings. The number of thiocarbonyl (C=S) groups is 1. The third kappa shape index (κ3) is 5.38. The van der Waals surface area contributed by atoms with Gasteiger partial charge in [0.25, 0.3) is 0 Å². The van der Waals surface area contributed by atoms with Crippen LogP contribution in [0.25, 0.3) is 0 Å². The van der Waals surface area contributed by atoms with E-state index < -0.39 is 23.7 Å². The Morgan fingerprint density at radius 3 is 2.50 bits per heavy atom. The molecule has 2 heterocycles. The van der Waals surface area contributed by atoms with Gasteiger partial charge in [0.15, 0.2) is 5.11 Å². The molecule has 2 unspecified atom stereocenters. The number of rotatable bonds is 7. The minimum Gasteiger partial charge on any atom is -0.480 e. The van der Waals surface area contributed by atoms with E-state index in [1.54, 1.807) is 4.90 Å². The summed E-state index contributed by atoms with van der Waals surface area (Å²) in [6, 6.07) is 8.67. The van der Waals surface area contributed by atoms with Gasteiger partial charge in [0.1, 0.15) is 6.04 Å². The summed E-state index contributed by atoms with van der Waals surface area (Å²) < 4.78 is 0.